The minimum atomic E-state index is -0.409. The molecule has 2 unspecified atom stereocenters. The molecule has 0 bridgehead atoms. The van der Waals surface area contributed by atoms with E-state index in [-0.39, 0.29) is 24.7 Å². The Morgan fingerprint density at radius 1 is 1.04 bits per heavy atom. The van der Waals surface area contributed by atoms with Gasteiger partial charge in [-0.15, -0.1) is 0 Å². The highest BCUT2D eigenvalue weighted by molar-refractivity contribution is 5.71. The Morgan fingerprint density at radius 2 is 1.75 bits per heavy atom. The van der Waals surface area contributed by atoms with E-state index in [9.17, 15) is 9.59 Å². The lowest BCUT2D eigenvalue weighted by Gasteiger charge is -2.24. The number of cyclic esters (lactones) is 1. The number of nitrogens with zero attached hydrogens (tertiary/aromatic N) is 1. The topological polar surface area (TPSA) is 55.8 Å². The third kappa shape index (κ3) is 7.17. The van der Waals surface area contributed by atoms with Crippen molar-refractivity contribution in [2.75, 3.05) is 13.2 Å². The lowest BCUT2D eigenvalue weighted by Crippen LogP contribution is -2.40. The van der Waals surface area contributed by atoms with Crippen molar-refractivity contribution in [3.05, 3.63) is 35.9 Å². The van der Waals surface area contributed by atoms with Crippen LogP contribution in [0, 0.1) is 0 Å². The van der Waals surface area contributed by atoms with E-state index < -0.39 is 6.10 Å². The Hall–Kier alpha value is -2.04. The molecule has 1 aliphatic rings. The van der Waals surface area contributed by atoms with Crippen LogP contribution >= 0.6 is 0 Å². The molecule has 0 spiro atoms. The second kappa shape index (κ2) is 12.4. The van der Waals surface area contributed by atoms with E-state index in [1.165, 1.54) is 12.8 Å². The van der Waals surface area contributed by atoms with Crippen LogP contribution < -0.4 is 0 Å². The summed E-state index contributed by atoms with van der Waals surface area (Å²) in [5.74, 6) is -0.196. The highest BCUT2D eigenvalue weighted by Crippen LogP contribution is 2.24. The summed E-state index contributed by atoms with van der Waals surface area (Å²) in [5, 5.41) is 0. The number of carbonyl (C=O) groups excluding carboxylic acids is 2. The van der Waals surface area contributed by atoms with Crippen molar-refractivity contribution >= 4 is 12.1 Å². The van der Waals surface area contributed by atoms with Crippen LogP contribution in [0.4, 0.5) is 4.79 Å². The second-order valence-electron chi connectivity index (χ2n) is 7.57. The first kappa shape index (κ1) is 22.3. The Morgan fingerprint density at radius 3 is 2.46 bits per heavy atom. The minimum Gasteiger partial charge on any atom is -0.462 e. The van der Waals surface area contributed by atoms with Crippen molar-refractivity contribution in [1.82, 2.24) is 4.90 Å². The van der Waals surface area contributed by atoms with Gasteiger partial charge in [0.2, 0.25) is 0 Å². The van der Waals surface area contributed by atoms with E-state index in [0.29, 0.717) is 19.4 Å². The number of rotatable bonds is 13. The van der Waals surface area contributed by atoms with Gasteiger partial charge in [0, 0.05) is 13.0 Å². The van der Waals surface area contributed by atoms with Gasteiger partial charge in [-0.3, -0.25) is 4.79 Å². The minimum absolute atomic E-state index is 0.0983. The van der Waals surface area contributed by atoms with Crippen LogP contribution in [0.15, 0.2) is 30.3 Å². The highest BCUT2D eigenvalue weighted by Gasteiger charge is 2.41. The van der Waals surface area contributed by atoms with Crippen molar-refractivity contribution in [1.29, 1.82) is 0 Å². The van der Waals surface area contributed by atoms with E-state index in [4.69, 9.17) is 9.47 Å². The number of carbonyl (C=O) groups is 2. The molecular formula is C23H35NO4. The van der Waals surface area contributed by atoms with E-state index >= 15 is 0 Å². The van der Waals surface area contributed by atoms with Gasteiger partial charge in [0.1, 0.15) is 6.61 Å². The van der Waals surface area contributed by atoms with Gasteiger partial charge in [-0.05, 0) is 24.8 Å². The van der Waals surface area contributed by atoms with Crippen molar-refractivity contribution in [2.24, 2.45) is 0 Å². The molecule has 2 rings (SSSR count). The van der Waals surface area contributed by atoms with Gasteiger partial charge in [0.25, 0.3) is 0 Å². The number of ether oxygens (including phenoxy) is 2. The summed E-state index contributed by atoms with van der Waals surface area (Å²) in [6.45, 7) is 5.09. The molecule has 0 N–H and O–H groups in total. The summed E-state index contributed by atoms with van der Waals surface area (Å²) in [6.07, 6.45) is 7.87. The van der Waals surface area contributed by atoms with Crippen LogP contribution in [-0.4, -0.2) is 42.3 Å². The fraction of sp³-hybridized carbons (Fsp3) is 0.652. The molecule has 0 aromatic heterocycles. The molecule has 2 atom stereocenters. The maximum absolute atomic E-state index is 12.4. The van der Waals surface area contributed by atoms with Gasteiger partial charge in [0.15, 0.2) is 6.10 Å². The zero-order chi connectivity index (χ0) is 20.2. The average Bonchev–Trinajstić information content (AvgIpc) is 2.99. The van der Waals surface area contributed by atoms with E-state index in [2.05, 4.69) is 26.0 Å². The SMILES string of the molecule is CCCCCCCC(=O)OCC1OC(=O)N(CCCC)C1Cc1ccccc1. The van der Waals surface area contributed by atoms with Gasteiger partial charge >= 0.3 is 12.1 Å². The number of hydrogen-bond donors (Lipinski definition) is 0. The quantitative estimate of drug-likeness (QED) is 0.347. The number of benzene rings is 1. The Labute approximate surface area is 169 Å². The Balaban J connectivity index is 1.88. The van der Waals surface area contributed by atoms with Gasteiger partial charge in [0.05, 0.1) is 6.04 Å². The van der Waals surface area contributed by atoms with Crippen LogP contribution in [0.3, 0.4) is 0 Å². The van der Waals surface area contributed by atoms with Gasteiger partial charge in [-0.1, -0.05) is 76.3 Å². The first-order chi connectivity index (χ1) is 13.7. The lowest BCUT2D eigenvalue weighted by molar-refractivity contribution is -0.146. The predicted octanol–water partition coefficient (Wildman–Crippen LogP) is 5.12. The number of amides is 1. The molecule has 0 aliphatic carbocycles. The van der Waals surface area contributed by atoms with Crippen LogP contribution in [0.5, 0.6) is 0 Å². The molecule has 156 valence electrons. The molecule has 28 heavy (non-hydrogen) atoms. The summed E-state index contributed by atoms with van der Waals surface area (Å²) in [5.41, 5.74) is 1.15. The summed E-state index contributed by atoms with van der Waals surface area (Å²) in [7, 11) is 0. The van der Waals surface area contributed by atoms with E-state index in [0.717, 1.165) is 37.7 Å². The summed E-state index contributed by atoms with van der Waals surface area (Å²) >= 11 is 0. The van der Waals surface area contributed by atoms with Gasteiger partial charge in [-0.2, -0.15) is 0 Å². The maximum atomic E-state index is 12.4. The lowest BCUT2D eigenvalue weighted by atomic mass is 10.0. The molecule has 1 aromatic carbocycles. The summed E-state index contributed by atoms with van der Waals surface area (Å²) < 4.78 is 11.0. The molecule has 1 heterocycles. The molecule has 5 nitrogen and oxygen atoms in total. The first-order valence-corrected chi connectivity index (χ1v) is 10.8. The average molecular weight is 390 g/mol. The molecule has 1 aromatic rings. The molecule has 0 radical (unpaired) electrons. The fourth-order valence-corrected chi connectivity index (χ4v) is 3.56. The largest absolute Gasteiger partial charge is 0.462 e. The smallest absolute Gasteiger partial charge is 0.410 e. The van der Waals surface area contributed by atoms with E-state index in [1.807, 2.05) is 18.2 Å². The number of hydrogen-bond acceptors (Lipinski definition) is 4. The standard InChI is InChI=1S/C23H35NO4/c1-3-5-7-8-12-15-22(25)27-18-21-20(17-19-13-10-9-11-14-19)24(16-6-4-2)23(26)28-21/h9-11,13-14,20-21H,3-8,12,15-18H2,1-2H3. The normalized spacial score (nSPS) is 18.9. The molecule has 1 saturated heterocycles. The zero-order valence-electron chi connectivity index (χ0n) is 17.4. The fourth-order valence-electron chi connectivity index (χ4n) is 3.56. The van der Waals surface area contributed by atoms with Crippen LogP contribution in [0.25, 0.3) is 0 Å². The molecule has 0 saturated carbocycles. The highest BCUT2D eigenvalue weighted by atomic mass is 16.6. The Bertz CT molecular complexity index is 590. The molecular weight excluding hydrogens is 354 g/mol. The van der Waals surface area contributed by atoms with Crippen LogP contribution in [0.1, 0.15) is 70.8 Å². The molecule has 1 aliphatic heterocycles. The third-order valence-electron chi connectivity index (χ3n) is 5.25. The molecule has 1 amide bonds. The van der Waals surface area contributed by atoms with E-state index in [1.54, 1.807) is 4.90 Å². The predicted molar refractivity (Wildman–Crippen MR) is 110 cm³/mol. The van der Waals surface area contributed by atoms with Gasteiger partial charge < -0.3 is 14.4 Å². The second-order valence-corrected chi connectivity index (χ2v) is 7.57. The first-order valence-electron chi connectivity index (χ1n) is 10.8. The zero-order valence-corrected chi connectivity index (χ0v) is 17.4. The van der Waals surface area contributed by atoms with Crippen molar-refractivity contribution in [3.8, 4) is 0 Å². The summed E-state index contributed by atoms with van der Waals surface area (Å²) in [6, 6.07) is 9.99. The van der Waals surface area contributed by atoms with Crippen molar-refractivity contribution in [3.63, 3.8) is 0 Å². The van der Waals surface area contributed by atoms with Crippen LogP contribution in [0.2, 0.25) is 0 Å². The Kier molecular flexibility index (Phi) is 9.87. The van der Waals surface area contributed by atoms with Gasteiger partial charge in [-0.25, -0.2) is 4.79 Å². The van der Waals surface area contributed by atoms with Crippen molar-refractivity contribution < 1.29 is 19.1 Å². The monoisotopic (exact) mass is 389 g/mol. The molecule has 1 fully saturated rings. The number of unbranched alkanes of at least 4 members (excludes halogenated alkanes) is 5. The van der Waals surface area contributed by atoms with Crippen molar-refractivity contribution in [2.45, 2.75) is 83.8 Å². The van der Waals surface area contributed by atoms with Crippen LogP contribution in [-0.2, 0) is 20.7 Å². The molecule has 5 heteroatoms. The third-order valence-corrected chi connectivity index (χ3v) is 5.25. The summed E-state index contributed by atoms with van der Waals surface area (Å²) in [4.78, 5) is 26.2. The number of esters is 1. The maximum Gasteiger partial charge on any atom is 0.410 e.